The van der Waals surface area contributed by atoms with Gasteiger partial charge in [0.2, 0.25) is 0 Å². The van der Waals surface area contributed by atoms with Crippen molar-refractivity contribution in [2.24, 2.45) is 0 Å². The smallest absolute Gasteiger partial charge is 0.259 e. The molecule has 0 unspecified atom stereocenters. The number of hydrogen-bond acceptors (Lipinski definition) is 4. The minimum absolute atomic E-state index is 0.00759. The second-order valence-electron chi connectivity index (χ2n) is 7.75. The average molecular weight is 414 g/mol. The molecule has 0 spiro atoms. The predicted octanol–water partition coefficient (Wildman–Crippen LogP) is 4.49. The van der Waals surface area contributed by atoms with Gasteiger partial charge in [0, 0.05) is 18.7 Å². The van der Waals surface area contributed by atoms with Crippen molar-refractivity contribution in [3.8, 4) is 22.6 Å². The highest BCUT2D eigenvalue weighted by molar-refractivity contribution is 6.08. The van der Waals surface area contributed by atoms with E-state index in [-0.39, 0.29) is 11.8 Å². The van der Waals surface area contributed by atoms with E-state index in [0.717, 1.165) is 16.7 Å². The molecule has 1 saturated heterocycles. The first kappa shape index (κ1) is 19.3. The zero-order valence-electron chi connectivity index (χ0n) is 17.2. The topological polar surface area (TPSA) is 67.9 Å². The molecule has 0 saturated carbocycles. The number of aryl methyl sites for hydroxylation is 1. The lowest BCUT2D eigenvalue weighted by Gasteiger charge is -2.27. The van der Waals surface area contributed by atoms with Crippen LogP contribution < -0.4 is 10.1 Å². The zero-order valence-corrected chi connectivity index (χ0v) is 17.2. The Kier molecular flexibility index (Phi) is 4.92. The van der Waals surface area contributed by atoms with E-state index in [2.05, 4.69) is 5.32 Å². The molecule has 0 aromatic heterocycles. The molecule has 6 heteroatoms. The van der Waals surface area contributed by atoms with E-state index in [9.17, 15) is 9.59 Å². The second kappa shape index (κ2) is 7.89. The monoisotopic (exact) mass is 414 g/mol. The van der Waals surface area contributed by atoms with Crippen molar-refractivity contribution in [3.63, 3.8) is 0 Å². The molecule has 2 aliphatic rings. The fourth-order valence-electron chi connectivity index (χ4n) is 3.90. The predicted molar refractivity (Wildman–Crippen MR) is 118 cm³/mol. The molecular formula is C25H22N2O4. The SMILES string of the molecule is Cc1ccc2c(c1)NC(=O)c1cc(-c3cccc(C(=O)N4CCOCC4)c3)ccc1O2. The molecule has 1 fully saturated rings. The van der Waals surface area contributed by atoms with Gasteiger partial charge in [-0.05, 0) is 60.0 Å². The number of benzene rings is 3. The Hall–Kier alpha value is -3.64. The summed E-state index contributed by atoms with van der Waals surface area (Å²) in [5.74, 6) is 0.890. The fraction of sp³-hybridized carbons (Fsp3) is 0.200. The van der Waals surface area contributed by atoms with Gasteiger partial charge in [-0.3, -0.25) is 9.59 Å². The van der Waals surface area contributed by atoms with Crippen LogP contribution in [0.3, 0.4) is 0 Å². The number of anilines is 1. The molecule has 2 heterocycles. The van der Waals surface area contributed by atoms with Crippen LogP contribution in [0.25, 0.3) is 11.1 Å². The first-order valence-electron chi connectivity index (χ1n) is 10.3. The van der Waals surface area contributed by atoms with Gasteiger partial charge in [-0.2, -0.15) is 0 Å². The van der Waals surface area contributed by atoms with Crippen LogP contribution in [-0.2, 0) is 4.74 Å². The molecule has 5 rings (SSSR count). The van der Waals surface area contributed by atoms with Crippen LogP contribution in [0.2, 0.25) is 0 Å². The van der Waals surface area contributed by atoms with Crippen molar-refractivity contribution < 1.29 is 19.1 Å². The molecule has 0 atom stereocenters. The van der Waals surface area contributed by atoms with Crippen LogP contribution in [-0.4, -0.2) is 43.0 Å². The maximum Gasteiger partial charge on any atom is 0.259 e. The van der Waals surface area contributed by atoms with E-state index in [1.165, 1.54) is 0 Å². The van der Waals surface area contributed by atoms with Crippen molar-refractivity contribution in [1.29, 1.82) is 0 Å². The summed E-state index contributed by atoms with van der Waals surface area (Å²) in [6.07, 6.45) is 0. The molecule has 2 aliphatic heterocycles. The Morgan fingerprint density at radius 3 is 2.55 bits per heavy atom. The maximum atomic E-state index is 12.9. The number of nitrogens with zero attached hydrogens (tertiary/aromatic N) is 1. The van der Waals surface area contributed by atoms with Crippen LogP contribution >= 0.6 is 0 Å². The van der Waals surface area contributed by atoms with E-state index < -0.39 is 0 Å². The number of morpholine rings is 1. The van der Waals surface area contributed by atoms with Gasteiger partial charge in [-0.1, -0.05) is 24.3 Å². The summed E-state index contributed by atoms with van der Waals surface area (Å²) in [4.78, 5) is 27.5. The lowest BCUT2D eigenvalue weighted by atomic mass is 9.99. The van der Waals surface area contributed by atoms with Crippen molar-refractivity contribution in [2.45, 2.75) is 6.92 Å². The molecule has 0 bridgehead atoms. The number of rotatable bonds is 2. The van der Waals surface area contributed by atoms with Crippen LogP contribution in [0.15, 0.2) is 60.7 Å². The lowest BCUT2D eigenvalue weighted by Crippen LogP contribution is -2.40. The molecular weight excluding hydrogens is 392 g/mol. The highest BCUT2D eigenvalue weighted by Crippen LogP contribution is 2.37. The Morgan fingerprint density at radius 2 is 1.71 bits per heavy atom. The van der Waals surface area contributed by atoms with Gasteiger partial charge in [0.15, 0.2) is 5.75 Å². The molecule has 0 aliphatic carbocycles. The van der Waals surface area contributed by atoms with Crippen LogP contribution in [0.5, 0.6) is 11.5 Å². The van der Waals surface area contributed by atoms with E-state index in [1.54, 1.807) is 11.0 Å². The molecule has 3 aromatic rings. The minimum Gasteiger partial charge on any atom is -0.454 e. The van der Waals surface area contributed by atoms with E-state index >= 15 is 0 Å². The van der Waals surface area contributed by atoms with Gasteiger partial charge in [-0.15, -0.1) is 0 Å². The third-order valence-corrected chi connectivity index (χ3v) is 5.57. The van der Waals surface area contributed by atoms with Gasteiger partial charge in [0.1, 0.15) is 5.75 Å². The fourth-order valence-corrected chi connectivity index (χ4v) is 3.90. The molecule has 156 valence electrons. The van der Waals surface area contributed by atoms with Gasteiger partial charge in [0.05, 0.1) is 24.5 Å². The lowest BCUT2D eigenvalue weighted by molar-refractivity contribution is 0.0303. The second-order valence-corrected chi connectivity index (χ2v) is 7.75. The number of nitrogens with one attached hydrogen (secondary N) is 1. The minimum atomic E-state index is -0.221. The van der Waals surface area contributed by atoms with Gasteiger partial charge < -0.3 is 19.7 Å². The van der Waals surface area contributed by atoms with Crippen LogP contribution in [0.1, 0.15) is 26.3 Å². The third-order valence-electron chi connectivity index (χ3n) is 5.57. The Balaban J connectivity index is 1.46. The molecule has 2 amide bonds. The maximum absolute atomic E-state index is 12.9. The summed E-state index contributed by atoms with van der Waals surface area (Å²) in [5.41, 5.74) is 4.48. The number of hydrogen-bond donors (Lipinski definition) is 1. The van der Waals surface area contributed by atoms with Crippen molar-refractivity contribution >= 4 is 17.5 Å². The largest absolute Gasteiger partial charge is 0.454 e. The Labute approximate surface area is 180 Å². The Bertz CT molecular complexity index is 1180. The van der Waals surface area contributed by atoms with Gasteiger partial charge >= 0.3 is 0 Å². The van der Waals surface area contributed by atoms with Crippen LogP contribution in [0.4, 0.5) is 5.69 Å². The summed E-state index contributed by atoms with van der Waals surface area (Å²) in [7, 11) is 0. The number of fused-ring (bicyclic) bond motifs is 2. The first-order valence-corrected chi connectivity index (χ1v) is 10.3. The number of carbonyl (C=O) groups is 2. The number of amides is 2. The molecule has 0 radical (unpaired) electrons. The summed E-state index contributed by atoms with van der Waals surface area (Å²) in [6.45, 7) is 4.28. The summed E-state index contributed by atoms with van der Waals surface area (Å²) >= 11 is 0. The van der Waals surface area contributed by atoms with E-state index in [1.807, 2.05) is 61.5 Å². The average Bonchev–Trinajstić information content (AvgIpc) is 2.94. The number of ether oxygens (including phenoxy) is 2. The number of carbonyl (C=O) groups excluding carboxylic acids is 2. The summed E-state index contributed by atoms with van der Waals surface area (Å²) < 4.78 is 11.3. The molecule has 3 aromatic carbocycles. The van der Waals surface area contributed by atoms with E-state index in [0.29, 0.717) is 54.6 Å². The Morgan fingerprint density at radius 1 is 0.935 bits per heavy atom. The molecule has 1 N–H and O–H groups in total. The van der Waals surface area contributed by atoms with Crippen LogP contribution in [0, 0.1) is 6.92 Å². The van der Waals surface area contributed by atoms with Gasteiger partial charge in [-0.25, -0.2) is 0 Å². The van der Waals surface area contributed by atoms with E-state index in [4.69, 9.17) is 9.47 Å². The molecule has 6 nitrogen and oxygen atoms in total. The highest BCUT2D eigenvalue weighted by Gasteiger charge is 2.22. The van der Waals surface area contributed by atoms with Crippen molar-refractivity contribution in [1.82, 2.24) is 4.90 Å². The summed E-state index contributed by atoms with van der Waals surface area (Å²) in [5, 5.41) is 2.93. The van der Waals surface area contributed by atoms with Gasteiger partial charge in [0.25, 0.3) is 11.8 Å². The third kappa shape index (κ3) is 3.78. The quantitative estimate of drug-likeness (QED) is 0.671. The zero-order chi connectivity index (χ0) is 21.4. The first-order chi connectivity index (χ1) is 15.1. The van der Waals surface area contributed by atoms with Crippen molar-refractivity contribution in [3.05, 3.63) is 77.4 Å². The summed E-state index contributed by atoms with van der Waals surface area (Å²) in [6, 6.07) is 18.7. The standard InChI is InChI=1S/C25H22N2O4/c1-16-5-7-23-21(13-16)26-24(28)20-15-18(6-8-22(20)31-23)17-3-2-4-19(14-17)25(29)27-9-11-30-12-10-27/h2-8,13-15H,9-12H2,1H3,(H,26,28). The highest BCUT2D eigenvalue weighted by atomic mass is 16.5. The molecule has 31 heavy (non-hydrogen) atoms. The normalized spacial score (nSPS) is 15.3. The van der Waals surface area contributed by atoms with Crippen molar-refractivity contribution in [2.75, 3.05) is 31.6 Å².